The van der Waals surface area contributed by atoms with Crippen LogP contribution in [-0.2, 0) is 14.6 Å². The largest absolute Gasteiger partial charge is 0.408 e. The van der Waals surface area contributed by atoms with Crippen LogP contribution in [0, 0.1) is 5.92 Å². The predicted molar refractivity (Wildman–Crippen MR) is 71.4 cm³/mol. The lowest BCUT2D eigenvalue weighted by Gasteiger charge is -2.35. The van der Waals surface area contributed by atoms with Gasteiger partial charge in [0.1, 0.15) is 15.9 Å². The molecule has 1 atom stereocenters. The Morgan fingerprint density at radius 3 is 2.19 bits per heavy atom. The van der Waals surface area contributed by atoms with Crippen LogP contribution in [0.15, 0.2) is 0 Å². The van der Waals surface area contributed by atoms with Crippen LogP contribution in [0.2, 0.25) is 0 Å². The van der Waals surface area contributed by atoms with Gasteiger partial charge in [-0.25, -0.2) is 8.42 Å². The van der Waals surface area contributed by atoms with Gasteiger partial charge < -0.3 is 4.90 Å². The van der Waals surface area contributed by atoms with E-state index >= 15 is 0 Å². The number of nitrogens with zero attached hydrogens (tertiary/aromatic N) is 1. The number of halogens is 3. The minimum absolute atomic E-state index is 0.0553. The minimum atomic E-state index is -4.42. The van der Waals surface area contributed by atoms with Crippen LogP contribution in [0.1, 0.15) is 38.5 Å². The first-order valence-corrected chi connectivity index (χ1v) is 9.10. The maximum Gasteiger partial charge on any atom is 0.408 e. The number of rotatable bonds is 1. The molecular weight excluding hydrogens is 307 g/mol. The Kier molecular flexibility index (Phi) is 4.85. The van der Waals surface area contributed by atoms with E-state index in [-0.39, 0.29) is 37.3 Å². The molecule has 2 aliphatic heterocycles. The van der Waals surface area contributed by atoms with Gasteiger partial charge in [0.25, 0.3) is 0 Å². The van der Waals surface area contributed by atoms with Crippen molar-refractivity contribution in [1.82, 2.24) is 4.90 Å². The summed E-state index contributed by atoms with van der Waals surface area (Å²) >= 11 is 0. The van der Waals surface area contributed by atoms with E-state index in [4.69, 9.17) is 0 Å². The van der Waals surface area contributed by atoms with Gasteiger partial charge in [0.2, 0.25) is 5.91 Å². The Morgan fingerprint density at radius 2 is 1.62 bits per heavy atom. The molecule has 2 fully saturated rings. The quantitative estimate of drug-likeness (QED) is 0.741. The zero-order chi connectivity index (χ0) is 15.7. The van der Waals surface area contributed by atoms with Gasteiger partial charge in [-0.2, -0.15) is 13.2 Å². The summed E-state index contributed by atoms with van der Waals surface area (Å²) in [6.07, 6.45) is -2.46. The van der Waals surface area contributed by atoms with E-state index in [1.165, 1.54) is 0 Å². The van der Waals surface area contributed by atoms with Gasteiger partial charge in [-0.15, -0.1) is 0 Å². The van der Waals surface area contributed by atoms with Crippen molar-refractivity contribution in [3.63, 3.8) is 0 Å². The van der Waals surface area contributed by atoms with Gasteiger partial charge in [-0.3, -0.25) is 4.79 Å². The zero-order valence-electron chi connectivity index (χ0n) is 11.7. The van der Waals surface area contributed by atoms with E-state index in [2.05, 4.69) is 0 Å². The second kappa shape index (κ2) is 6.14. The van der Waals surface area contributed by atoms with Crippen LogP contribution in [0.3, 0.4) is 0 Å². The number of likely N-dealkylation sites (tertiary alicyclic amines) is 1. The number of hydrogen-bond donors (Lipinski definition) is 0. The molecule has 1 amide bonds. The van der Waals surface area contributed by atoms with Crippen molar-refractivity contribution in [2.75, 3.05) is 18.1 Å². The number of amides is 1. The monoisotopic (exact) mass is 327 g/mol. The van der Waals surface area contributed by atoms with Gasteiger partial charge in [-0.05, 0) is 25.7 Å². The first-order chi connectivity index (χ1) is 9.71. The molecule has 2 heterocycles. The molecule has 0 aromatic heterocycles. The maximum atomic E-state index is 13.1. The van der Waals surface area contributed by atoms with Crippen LogP contribution in [-0.4, -0.2) is 49.5 Å². The molecular formula is C13H20F3NO3S. The summed E-state index contributed by atoms with van der Waals surface area (Å²) in [4.78, 5) is 13.4. The lowest BCUT2D eigenvalue weighted by atomic mass is 9.99. The maximum absolute atomic E-state index is 13.1. The third kappa shape index (κ3) is 4.11. The average Bonchev–Trinajstić information content (AvgIpc) is 2.63. The van der Waals surface area contributed by atoms with Gasteiger partial charge >= 0.3 is 6.18 Å². The SMILES string of the molecule is O=C(C1CCS(=O)(=O)CC1)N1CCCCCC1C(F)(F)F. The molecule has 0 aliphatic carbocycles. The smallest absolute Gasteiger partial charge is 0.330 e. The number of hydrogen-bond acceptors (Lipinski definition) is 3. The molecule has 0 aromatic rings. The molecule has 0 aromatic carbocycles. The van der Waals surface area contributed by atoms with Gasteiger partial charge in [-0.1, -0.05) is 12.8 Å². The van der Waals surface area contributed by atoms with E-state index < -0.39 is 33.9 Å². The molecule has 21 heavy (non-hydrogen) atoms. The van der Waals surface area contributed by atoms with Gasteiger partial charge in [0.05, 0.1) is 11.5 Å². The summed E-state index contributed by atoms with van der Waals surface area (Å²) in [7, 11) is -3.12. The Bertz CT molecular complexity index is 475. The fraction of sp³-hybridized carbons (Fsp3) is 0.923. The Labute approximate surface area is 122 Å². The fourth-order valence-electron chi connectivity index (χ4n) is 3.08. The molecule has 8 heteroatoms. The molecule has 0 bridgehead atoms. The van der Waals surface area contributed by atoms with Crippen molar-refractivity contribution in [2.45, 2.75) is 50.7 Å². The van der Waals surface area contributed by atoms with E-state index in [0.29, 0.717) is 19.3 Å². The number of sulfone groups is 1. The topological polar surface area (TPSA) is 54.5 Å². The zero-order valence-corrected chi connectivity index (χ0v) is 12.5. The van der Waals surface area contributed by atoms with Crippen molar-refractivity contribution >= 4 is 15.7 Å². The fourth-order valence-corrected chi connectivity index (χ4v) is 4.58. The molecule has 0 spiro atoms. The summed E-state index contributed by atoms with van der Waals surface area (Å²) < 4.78 is 62.1. The number of carbonyl (C=O) groups excluding carboxylic acids is 1. The van der Waals surface area contributed by atoms with Crippen molar-refractivity contribution < 1.29 is 26.4 Å². The lowest BCUT2D eigenvalue weighted by molar-refractivity contribution is -0.191. The van der Waals surface area contributed by atoms with Crippen molar-refractivity contribution in [2.24, 2.45) is 5.92 Å². The van der Waals surface area contributed by atoms with E-state index in [1.54, 1.807) is 0 Å². The van der Waals surface area contributed by atoms with Gasteiger partial charge in [0.15, 0.2) is 0 Å². The highest BCUT2D eigenvalue weighted by molar-refractivity contribution is 7.91. The Hall–Kier alpha value is -0.790. The van der Waals surface area contributed by atoms with Gasteiger partial charge in [0, 0.05) is 12.5 Å². The average molecular weight is 327 g/mol. The molecule has 2 rings (SSSR count). The van der Waals surface area contributed by atoms with Crippen LogP contribution in [0.25, 0.3) is 0 Å². The summed E-state index contributed by atoms with van der Waals surface area (Å²) in [5.41, 5.74) is 0. The van der Waals surface area contributed by atoms with E-state index in [1.807, 2.05) is 0 Å². The van der Waals surface area contributed by atoms with Crippen LogP contribution in [0.5, 0.6) is 0 Å². The normalized spacial score (nSPS) is 28.1. The minimum Gasteiger partial charge on any atom is -0.330 e. The number of alkyl halides is 3. The van der Waals surface area contributed by atoms with Crippen molar-refractivity contribution in [1.29, 1.82) is 0 Å². The van der Waals surface area contributed by atoms with Crippen molar-refractivity contribution in [3.8, 4) is 0 Å². The van der Waals surface area contributed by atoms with E-state index in [0.717, 1.165) is 4.90 Å². The molecule has 0 N–H and O–H groups in total. The third-order valence-electron chi connectivity index (χ3n) is 4.32. The molecule has 0 saturated carbocycles. The first kappa shape index (κ1) is 16.6. The molecule has 0 radical (unpaired) electrons. The third-order valence-corrected chi connectivity index (χ3v) is 6.03. The molecule has 2 saturated heterocycles. The second-order valence-electron chi connectivity index (χ2n) is 5.86. The van der Waals surface area contributed by atoms with Crippen molar-refractivity contribution in [3.05, 3.63) is 0 Å². The second-order valence-corrected chi connectivity index (χ2v) is 8.17. The molecule has 122 valence electrons. The molecule has 2 aliphatic rings. The Morgan fingerprint density at radius 1 is 1.00 bits per heavy atom. The lowest BCUT2D eigenvalue weighted by Crippen LogP contribution is -2.51. The standard InChI is InChI=1S/C13H20F3NO3S/c14-13(15,16)11-4-2-1-3-7-17(11)12(18)10-5-8-21(19,20)9-6-10/h10-11H,1-9H2. The summed E-state index contributed by atoms with van der Waals surface area (Å²) in [6.45, 7) is 0.117. The first-order valence-electron chi connectivity index (χ1n) is 7.28. The summed E-state index contributed by atoms with van der Waals surface area (Å²) in [6, 6.07) is -1.72. The molecule has 4 nitrogen and oxygen atoms in total. The summed E-state index contributed by atoms with van der Waals surface area (Å²) in [5.74, 6) is -1.31. The van der Waals surface area contributed by atoms with Crippen LogP contribution >= 0.6 is 0 Å². The van der Waals surface area contributed by atoms with Crippen LogP contribution in [0.4, 0.5) is 13.2 Å². The van der Waals surface area contributed by atoms with E-state index in [9.17, 15) is 26.4 Å². The summed E-state index contributed by atoms with van der Waals surface area (Å²) in [5, 5.41) is 0. The highest BCUT2D eigenvalue weighted by Gasteiger charge is 2.46. The highest BCUT2D eigenvalue weighted by Crippen LogP contribution is 2.33. The Balaban J connectivity index is 2.11. The molecule has 1 unspecified atom stereocenters. The number of carbonyl (C=O) groups is 1. The predicted octanol–water partition coefficient (Wildman–Crippen LogP) is 2.14. The van der Waals surface area contributed by atoms with Crippen LogP contribution < -0.4 is 0 Å². The highest BCUT2D eigenvalue weighted by atomic mass is 32.2.